The summed E-state index contributed by atoms with van der Waals surface area (Å²) >= 11 is 0. The molecule has 0 spiro atoms. The van der Waals surface area contributed by atoms with Crippen molar-refractivity contribution in [2.45, 2.75) is 19.4 Å². The van der Waals surface area contributed by atoms with Crippen LogP contribution in [0.3, 0.4) is 0 Å². The molecule has 1 saturated heterocycles. The van der Waals surface area contributed by atoms with Crippen LogP contribution in [0.2, 0.25) is 0 Å². The van der Waals surface area contributed by atoms with Gasteiger partial charge in [0, 0.05) is 18.3 Å². The third-order valence-corrected chi connectivity index (χ3v) is 5.96. The average Bonchev–Trinajstić information content (AvgIpc) is 2.97. The van der Waals surface area contributed by atoms with Crippen LogP contribution in [0, 0.1) is 0 Å². The van der Waals surface area contributed by atoms with E-state index < -0.39 is 15.9 Å². The highest BCUT2D eigenvalue weighted by atomic mass is 32.2. The lowest BCUT2D eigenvalue weighted by Crippen LogP contribution is -2.36. The van der Waals surface area contributed by atoms with Crippen LogP contribution in [-0.2, 0) is 9.84 Å². The van der Waals surface area contributed by atoms with E-state index in [2.05, 4.69) is 20.8 Å². The second kappa shape index (κ2) is 7.69. The summed E-state index contributed by atoms with van der Waals surface area (Å²) in [5.41, 5.74) is 0.675. The molecule has 1 atom stereocenters. The second-order valence-corrected chi connectivity index (χ2v) is 8.29. The first kappa shape index (κ1) is 18.1. The summed E-state index contributed by atoms with van der Waals surface area (Å²) < 4.78 is 23.4. The summed E-state index contributed by atoms with van der Waals surface area (Å²) in [6, 6.07) is 12.0. The Morgan fingerprint density at radius 2 is 1.92 bits per heavy atom. The minimum atomic E-state index is -2.97. The average molecular weight is 375 g/mol. The van der Waals surface area contributed by atoms with Crippen molar-refractivity contribution in [2.75, 3.05) is 33.6 Å². The van der Waals surface area contributed by atoms with E-state index in [1.165, 1.54) is 0 Å². The molecule has 0 aliphatic carbocycles. The highest BCUT2D eigenvalue weighted by Gasteiger charge is 2.32. The van der Waals surface area contributed by atoms with E-state index in [1.54, 1.807) is 24.3 Å². The zero-order chi connectivity index (χ0) is 18.6. The van der Waals surface area contributed by atoms with E-state index in [0.717, 1.165) is 0 Å². The van der Waals surface area contributed by atoms with E-state index in [4.69, 9.17) is 0 Å². The summed E-state index contributed by atoms with van der Waals surface area (Å²) in [6.07, 6.45) is 0.595. The number of rotatable bonds is 5. The van der Waals surface area contributed by atoms with Crippen molar-refractivity contribution in [3.8, 4) is 0 Å². The number of hydrogen-bond acceptors (Lipinski definition) is 6. The third kappa shape index (κ3) is 4.48. The molecule has 1 aromatic carbocycles. The third-order valence-electron chi connectivity index (χ3n) is 4.21. The summed E-state index contributed by atoms with van der Waals surface area (Å²) in [5.74, 6) is 1.27. The normalized spacial score (nSPS) is 18.3. The van der Waals surface area contributed by atoms with Gasteiger partial charge < -0.3 is 10.2 Å². The van der Waals surface area contributed by atoms with Gasteiger partial charge in [-0.3, -0.25) is 5.32 Å². The van der Waals surface area contributed by atoms with E-state index in [0.29, 0.717) is 30.3 Å². The first-order valence-electron chi connectivity index (χ1n) is 8.41. The molecule has 26 heavy (non-hydrogen) atoms. The highest BCUT2D eigenvalue weighted by molar-refractivity contribution is 7.91. The zero-order valence-corrected chi connectivity index (χ0v) is 15.2. The molecule has 1 aliphatic rings. The van der Waals surface area contributed by atoms with E-state index >= 15 is 0 Å². The largest absolute Gasteiger partial charge is 0.351 e. The van der Waals surface area contributed by atoms with E-state index in [-0.39, 0.29) is 17.5 Å². The smallest absolute Gasteiger partial charge is 0.324 e. The summed E-state index contributed by atoms with van der Waals surface area (Å²) in [4.78, 5) is 13.9. The molecule has 3 rings (SSSR count). The number of hydrogen-bond donors (Lipinski definition) is 2. The molecule has 1 fully saturated rings. The number of sulfone groups is 1. The molecule has 9 heteroatoms. The van der Waals surface area contributed by atoms with E-state index in [1.807, 2.05) is 30.0 Å². The number of benzene rings is 1. The molecule has 0 saturated carbocycles. The van der Waals surface area contributed by atoms with Crippen molar-refractivity contribution in [2.24, 2.45) is 0 Å². The van der Waals surface area contributed by atoms with Crippen LogP contribution in [0.1, 0.15) is 13.3 Å². The summed E-state index contributed by atoms with van der Waals surface area (Å²) in [5, 5.41) is 13.5. The second-order valence-electron chi connectivity index (χ2n) is 6.06. The van der Waals surface area contributed by atoms with Gasteiger partial charge in [0.05, 0.1) is 11.5 Å². The molecule has 8 nitrogen and oxygen atoms in total. The van der Waals surface area contributed by atoms with Gasteiger partial charge in [-0.25, -0.2) is 13.2 Å². The van der Waals surface area contributed by atoms with Crippen molar-refractivity contribution in [3.05, 3.63) is 42.5 Å². The summed E-state index contributed by atoms with van der Waals surface area (Å²) in [6.45, 7) is 2.59. The quantitative estimate of drug-likeness (QED) is 0.830. The maximum absolute atomic E-state index is 12.0. The fourth-order valence-corrected chi connectivity index (χ4v) is 4.70. The SMILES string of the molecule is CCN(c1ccc(NC(=O)Nc2ccccc2)nn1)C1CCS(=O)(=O)C1. The van der Waals surface area contributed by atoms with E-state index in [9.17, 15) is 13.2 Å². The molecule has 2 amide bonds. The molecular formula is C17H21N5O3S. The van der Waals surface area contributed by atoms with Crippen molar-refractivity contribution in [3.63, 3.8) is 0 Å². The number of urea groups is 1. The fourth-order valence-electron chi connectivity index (χ4n) is 2.97. The van der Waals surface area contributed by atoms with Crippen LogP contribution in [-0.4, -0.2) is 48.7 Å². The van der Waals surface area contributed by atoms with Crippen molar-refractivity contribution >= 4 is 33.2 Å². The Balaban J connectivity index is 1.63. The highest BCUT2D eigenvalue weighted by Crippen LogP contribution is 2.22. The fraction of sp³-hybridized carbons (Fsp3) is 0.353. The molecule has 1 aliphatic heterocycles. The molecule has 138 valence electrons. The Labute approximate surface area is 152 Å². The Bertz CT molecular complexity index is 856. The van der Waals surface area contributed by atoms with Gasteiger partial charge in [-0.05, 0) is 37.6 Å². The molecular weight excluding hydrogens is 354 g/mol. The number of carbonyl (C=O) groups is 1. The van der Waals surface area contributed by atoms with Crippen LogP contribution < -0.4 is 15.5 Å². The number of amides is 2. The molecule has 1 aromatic heterocycles. The first-order valence-corrected chi connectivity index (χ1v) is 10.2. The Hall–Kier alpha value is -2.68. The number of carbonyl (C=O) groups excluding carboxylic acids is 1. The number of anilines is 3. The maximum Gasteiger partial charge on any atom is 0.324 e. The Morgan fingerprint density at radius 1 is 1.15 bits per heavy atom. The van der Waals surface area contributed by atoms with Gasteiger partial charge in [0.1, 0.15) is 0 Å². The lowest BCUT2D eigenvalue weighted by Gasteiger charge is -2.27. The predicted molar refractivity (Wildman–Crippen MR) is 101 cm³/mol. The minimum Gasteiger partial charge on any atom is -0.351 e. The van der Waals surface area contributed by atoms with Crippen molar-refractivity contribution in [1.82, 2.24) is 10.2 Å². The van der Waals surface area contributed by atoms with Crippen molar-refractivity contribution in [1.29, 1.82) is 0 Å². The molecule has 0 radical (unpaired) electrons. The minimum absolute atomic E-state index is 0.0838. The van der Waals surface area contributed by atoms with Gasteiger partial charge in [-0.2, -0.15) is 0 Å². The molecule has 2 aromatic rings. The standard InChI is InChI=1S/C17H21N5O3S/c1-2-22(14-10-11-26(24,25)12-14)16-9-8-15(20-21-16)19-17(23)18-13-6-4-3-5-7-13/h3-9,14H,2,10-12H2,1H3,(H2,18,19,20,23). The summed E-state index contributed by atoms with van der Waals surface area (Å²) in [7, 11) is -2.97. The lowest BCUT2D eigenvalue weighted by molar-refractivity contribution is 0.262. The predicted octanol–water partition coefficient (Wildman–Crippen LogP) is 2.13. The first-order chi connectivity index (χ1) is 12.5. The topological polar surface area (TPSA) is 104 Å². The zero-order valence-electron chi connectivity index (χ0n) is 14.4. The van der Waals surface area contributed by atoms with Gasteiger partial charge >= 0.3 is 6.03 Å². The van der Waals surface area contributed by atoms with Crippen LogP contribution in [0.5, 0.6) is 0 Å². The van der Waals surface area contributed by atoms with Crippen LogP contribution in [0.15, 0.2) is 42.5 Å². The molecule has 0 bridgehead atoms. The number of nitrogens with one attached hydrogen (secondary N) is 2. The van der Waals surface area contributed by atoms with Gasteiger partial charge in [0.15, 0.2) is 21.5 Å². The van der Waals surface area contributed by atoms with Gasteiger partial charge in [-0.1, -0.05) is 18.2 Å². The number of para-hydroxylation sites is 1. The maximum atomic E-state index is 12.0. The van der Waals surface area contributed by atoms with Gasteiger partial charge in [0.25, 0.3) is 0 Å². The van der Waals surface area contributed by atoms with Gasteiger partial charge in [-0.15, -0.1) is 10.2 Å². The van der Waals surface area contributed by atoms with Crippen LogP contribution >= 0.6 is 0 Å². The lowest BCUT2D eigenvalue weighted by atomic mass is 10.2. The Kier molecular flexibility index (Phi) is 5.36. The number of nitrogens with zero attached hydrogens (tertiary/aromatic N) is 3. The van der Waals surface area contributed by atoms with Crippen LogP contribution in [0.25, 0.3) is 0 Å². The molecule has 1 unspecified atom stereocenters. The Morgan fingerprint density at radius 3 is 2.50 bits per heavy atom. The molecule has 2 N–H and O–H groups in total. The monoisotopic (exact) mass is 375 g/mol. The number of aromatic nitrogens is 2. The molecule has 2 heterocycles. The van der Waals surface area contributed by atoms with Crippen molar-refractivity contribution < 1.29 is 13.2 Å². The van der Waals surface area contributed by atoms with Crippen LogP contribution in [0.4, 0.5) is 22.1 Å². The van der Waals surface area contributed by atoms with Gasteiger partial charge in [0.2, 0.25) is 0 Å².